The van der Waals surface area contributed by atoms with Crippen LogP contribution in [-0.4, -0.2) is 32.8 Å². The van der Waals surface area contributed by atoms with Crippen molar-refractivity contribution >= 4 is 33.2 Å². The summed E-state index contributed by atoms with van der Waals surface area (Å²) in [4.78, 5) is 24.9. The van der Waals surface area contributed by atoms with E-state index < -0.39 is 22.0 Å². The Kier molecular flexibility index (Phi) is 6.90. The maximum absolute atomic E-state index is 12.4. The van der Waals surface area contributed by atoms with Crippen LogP contribution in [0.5, 0.6) is 0 Å². The summed E-state index contributed by atoms with van der Waals surface area (Å²) in [6, 6.07) is 8.65. The maximum atomic E-state index is 12.4. The summed E-state index contributed by atoms with van der Waals surface area (Å²) in [7, 11) is -3.75. The molecule has 3 N–H and O–H groups in total. The molecule has 0 aliphatic heterocycles. The number of amides is 2. The zero-order valence-corrected chi connectivity index (χ0v) is 16.1. The molecular weight excluding hydrogens is 374 g/mol. The number of hydrogen-bond donors (Lipinski definition) is 3. The van der Waals surface area contributed by atoms with Gasteiger partial charge in [0.25, 0.3) is 5.91 Å². The summed E-state index contributed by atoms with van der Waals surface area (Å²) < 4.78 is 27.3. The lowest BCUT2D eigenvalue weighted by molar-refractivity contribution is -0.122. The van der Waals surface area contributed by atoms with Crippen LogP contribution in [0.1, 0.15) is 29.1 Å². The lowest BCUT2D eigenvalue weighted by Crippen LogP contribution is -2.44. The van der Waals surface area contributed by atoms with E-state index in [1.165, 1.54) is 35.6 Å². The van der Waals surface area contributed by atoms with Crippen molar-refractivity contribution in [3.05, 3.63) is 52.2 Å². The predicted octanol–water partition coefficient (Wildman–Crippen LogP) is 1.48. The molecule has 0 unspecified atom stereocenters. The fourth-order valence-electron chi connectivity index (χ4n) is 2.14. The highest BCUT2D eigenvalue weighted by atomic mass is 32.2. The molecule has 0 aliphatic carbocycles. The lowest BCUT2D eigenvalue weighted by Gasteiger charge is -2.14. The fourth-order valence-corrected chi connectivity index (χ4v) is 3.93. The Bertz CT molecular complexity index is 864. The molecule has 140 valence electrons. The Balaban J connectivity index is 2.08. The molecule has 0 fully saturated rings. The summed E-state index contributed by atoms with van der Waals surface area (Å²) in [5, 5.41) is 7.02. The Morgan fingerprint density at radius 1 is 1.19 bits per heavy atom. The molecule has 0 bridgehead atoms. The molecule has 7 nitrogen and oxygen atoms in total. The van der Waals surface area contributed by atoms with Gasteiger partial charge in [-0.3, -0.25) is 9.59 Å². The zero-order valence-electron chi connectivity index (χ0n) is 14.5. The van der Waals surface area contributed by atoms with E-state index in [2.05, 4.69) is 15.4 Å². The quantitative estimate of drug-likeness (QED) is 0.630. The lowest BCUT2D eigenvalue weighted by atomic mass is 10.2. The van der Waals surface area contributed by atoms with Crippen LogP contribution in [-0.2, 0) is 21.4 Å². The first kappa shape index (κ1) is 20.1. The van der Waals surface area contributed by atoms with Crippen molar-refractivity contribution in [2.75, 3.05) is 6.54 Å². The molecule has 1 heterocycles. The second-order valence-electron chi connectivity index (χ2n) is 5.52. The fraction of sp³-hybridized carbons (Fsp3) is 0.294. The van der Waals surface area contributed by atoms with Crippen molar-refractivity contribution in [1.82, 2.24) is 15.4 Å². The summed E-state index contributed by atoms with van der Waals surface area (Å²) >= 11 is 1.45. The first-order chi connectivity index (χ1) is 12.3. The van der Waals surface area contributed by atoms with Gasteiger partial charge in [0.2, 0.25) is 15.9 Å². The maximum Gasteiger partial charge on any atom is 0.251 e. The van der Waals surface area contributed by atoms with Crippen molar-refractivity contribution in [2.45, 2.75) is 31.3 Å². The van der Waals surface area contributed by atoms with Gasteiger partial charge in [-0.25, -0.2) is 13.1 Å². The average Bonchev–Trinajstić information content (AvgIpc) is 3.14. The van der Waals surface area contributed by atoms with Crippen molar-refractivity contribution in [3.8, 4) is 0 Å². The minimum Gasteiger partial charge on any atom is -0.355 e. The highest BCUT2D eigenvalue weighted by Crippen LogP contribution is 2.14. The molecule has 0 radical (unpaired) electrons. The Hall–Kier alpha value is -2.23. The first-order valence-corrected chi connectivity index (χ1v) is 10.4. The van der Waals surface area contributed by atoms with Crippen molar-refractivity contribution in [2.24, 2.45) is 0 Å². The van der Waals surface area contributed by atoms with Crippen LogP contribution < -0.4 is 15.4 Å². The number of benzene rings is 1. The number of carbonyl (C=O) groups is 2. The van der Waals surface area contributed by atoms with E-state index in [0.29, 0.717) is 6.54 Å². The molecule has 1 aromatic heterocycles. The van der Waals surface area contributed by atoms with Gasteiger partial charge in [-0.15, -0.1) is 11.3 Å². The van der Waals surface area contributed by atoms with Crippen LogP contribution in [0.4, 0.5) is 0 Å². The van der Waals surface area contributed by atoms with Crippen LogP contribution in [0.3, 0.4) is 0 Å². The Labute approximate surface area is 156 Å². The van der Waals surface area contributed by atoms with E-state index >= 15 is 0 Å². The van der Waals surface area contributed by atoms with Gasteiger partial charge in [0.1, 0.15) is 6.04 Å². The predicted molar refractivity (Wildman–Crippen MR) is 100 cm³/mol. The summed E-state index contributed by atoms with van der Waals surface area (Å²) in [5.74, 6) is -0.818. The number of carbonyl (C=O) groups excluding carboxylic acids is 2. The van der Waals surface area contributed by atoms with E-state index in [-0.39, 0.29) is 22.9 Å². The third-order valence-corrected chi connectivity index (χ3v) is 5.79. The highest BCUT2D eigenvalue weighted by molar-refractivity contribution is 7.89. The number of rotatable bonds is 8. The van der Waals surface area contributed by atoms with Crippen molar-refractivity contribution in [3.63, 3.8) is 0 Å². The van der Waals surface area contributed by atoms with Crippen molar-refractivity contribution in [1.29, 1.82) is 0 Å². The van der Waals surface area contributed by atoms with Gasteiger partial charge in [-0.05, 0) is 43.5 Å². The first-order valence-electron chi connectivity index (χ1n) is 8.04. The van der Waals surface area contributed by atoms with E-state index in [1.54, 1.807) is 13.8 Å². The number of nitrogens with one attached hydrogen (secondary N) is 3. The SMILES string of the molecule is CCNC(=O)[C@@H](C)NC(=O)c1cccc(S(=O)(=O)NCc2cccs2)c1. The van der Waals surface area contributed by atoms with Gasteiger partial charge >= 0.3 is 0 Å². The van der Waals surface area contributed by atoms with Gasteiger partial charge in [0, 0.05) is 23.5 Å². The molecule has 0 spiro atoms. The monoisotopic (exact) mass is 395 g/mol. The molecule has 2 aromatic rings. The molecule has 0 saturated heterocycles. The summed E-state index contributed by atoms with van der Waals surface area (Å²) in [5.41, 5.74) is 0.167. The van der Waals surface area contributed by atoms with Crippen LogP contribution in [0.25, 0.3) is 0 Å². The third-order valence-electron chi connectivity index (χ3n) is 3.51. The van der Waals surface area contributed by atoms with Crippen molar-refractivity contribution < 1.29 is 18.0 Å². The van der Waals surface area contributed by atoms with Crippen LogP contribution in [0.15, 0.2) is 46.7 Å². The Morgan fingerprint density at radius 3 is 2.62 bits per heavy atom. The standard InChI is InChI=1S/C17H21N3O4S2/c1-3-18-16(21)12(2)20-17(22)13-6-4-8-15(10-13)26(23,24)19-11-14-7-5-9-25-14/h4-10,12,19H,3,11H2,1-2H3,(H,18,21)(H,20,22)/t12-/m1/s1. The van der Waals surface area contributed by atoms with E-state index in [9.17, 15) is 18.0 Å². The van der Waals surface area contributed by atoms with Gasteiger partial charge in [-0.1, -0.05) is 12.1 Å². The zero-order chi connectivity index (χ0) is 19.2. The minimum atomic E-state index is -3.75. The smallest absolute Gasteiger partial charge is 0.251 e. The molecular formula is C17H21N3O4S2. The molecule has 26 heavy (non-hydrogen) atoms. The summed E-state index contributed by atoms with van der Waals surface area (Å²) in [6.45, 7) is 3.99. The second-order valence-corrected chi connectivity index (χ2v) is 8.32. The molecule has 1 aromatic carbocycles. The second kappa shape index (κ2) is 8.93. The largest absolute Gasteiger partial charge is 0.355 e. The number of sulfonamides is 1. The number of thiophene rings is 1. The van der Waals surface area contributed by atoms with Gasteiger partial charge in [0.15, 0.2) is 0 Å². The van der Waals surface area contributed by atoms with Gasteiger partial charge in [0.05, 0.1) is 4.90 Å². The Morgan fingerprint density at radius 2 is 1.96 bits per heavy atom. The molecule has 1 atom stereocenters. The van der Waals surface area contributed by atoms with Crippen LogP contribution in [0, 0.1) is 0 Å². The number of likely N-dealkylation sites (N-methyl/N-ethyl adjacent to an activating group) is 1. The molecule has 0 aliphatic rings. The van der Waals surface area contributed by atoms with Gasteiger partial charge < -0.3 is 10.6 Å². The van der Waals surface area contributed by atoms with Crippen LogP contribution >= 0.6 is 11.3 Å². The highest BCUT2D eigenvalue weighted by Gasteiger charge is 2.19. The molecule has 2 rings (SSSR count). The third kappa shape index (κ3) is 5.38. The topological polar surface area (TPSA) is 104 Å². The van der Waals surface area contributed by atoms with E-state index in [1.807, 2.05) is 17.5 Å². The molecule has 2 amide bonds. The summed E-state index contributed by atoms with van der Waals surface area (Å²) in [6.07, 6.45) is 0. The van der Waals surface area contributed by atoms with Gasteiger partial charge in [-0.2, -0.15) is 0 Å². The molecule has 0 saturated carbocycles. The van der Waals surface area contributed by atoms with Crippen LogP contribution in [0.2, 0.25) is 0 Å². The number of hydrogen-bond acceptors (Lipinski definition) is 5. The average molecular weight is 396 g/mol. The minimum absolute atomic E-state index is 0.00707. The van der Waals surface area contributed by atoms with E-state index in [0.717, 1.165) is 4.88 Å². The molecule has 9 heteroatoms. The normalized spacial score (nSPS) is 12.4. The van der Waals surface area contributed by atoms with E-state index in [4.69, 9.17) is 0 Å².